The fourth-order valence-corrected chi connectivity index (χ4v) is 6.07. The minimum atomic E-state index is -0.795. The van der Waals surface area contributed by atoms with Crippen molar-refractivity contribution in [3.05, 3.63) is 82.0 Å². The number of rotatable bonds is 7. The van der Waals surface area contributed by atoms with E-state index in [0.29, 0.717) is 37.4 Å². The second-order valence-corrected chi connectivity index (χ2v) is 10.2. The van der Waals surface area contributed by atoms with Crippen molar-refractivity contribution in [3.63, 3.8) is 0 Å². The summed E-state index contributed by atoms with van der Waals surface area (Å²) < 4.78 is 0. The number of aromatic nitrogens is 1. The number of fused-ring (bicyclic) bond motifs is 1. The number of H-pyrrole nitrogens is 1. The molecule has 1 aromatic heterocycles. The van der Waals surface area contributed by atoms with Gasteiger partial charge in [0.1, 0.15) is 6.04 Å². The molecule has 2 fully saturated rings. The van der Waals surface area contributed by atoms with Crippen molar-refractivity contribution in [3.8, 4) is 0 Å². The second-order valence-electron chi connectivity index (χ2n) is 10.2. The number of piperidine rings is 2. The van der Waals surface area contributed by atoms with E-state index < -0.39 is 16.9 Å². The van der Waals surface area contributed by atoms with Gasteiger partial charge < -0.3 is 15.0 Å². The standard InChI is InChI=1S/C29H32N4O5/c34-27(10-9-21-5-1-4-8-26(21)33(37)38)31-15-13-22(14-16-31)28(29(35)36)32-17-11-20(12-18-32)24-19-30-25-7-3-2-6-23(24)25/h1-10,19-20,22,28,30H,11-18H2,(H,35,36). The number of carboxylic acids is 1. The summed E-state index contributed by atoms with van der Waals surface area (Å²) in [4.78, 5) is 43.0. The Morgan fingerprint density at radius 1 is 1.00 bits per heavy atom. The third-order valence-electron chi connectivity index (χ3n) is 8.07. The Labute approximate surface area is 220 Å². The van der Waals surface area contributed by atoms with Gasteiger partial charge in [-0.25, -0.2) is 0 Å². The molecule has 5 rings (SSSR count). The van der Waals surface area contributed by atoms with Gasteiger partial charge in [-0.2, -0.15) is 0 Å². The van der Waals surface area contributed by atoms with Crippen LogP contribution in [-0.4, -0.2) is 68.9 Å². The summed E-state index contributed by atoms with van der Waals surface area (Å²) >= 11 is 0. The van der Waals surface area contributed by atoms with Crippen LogP contribution < -0.4 is 0 Å². The number of nitro benzene ring substituents is 1. The van der Waals surface area contributed by atoms with E-state index in [9.17, 15) is 24.8 Å². The molecule has 0 bridgehead atoms. The number of likely N-dealkylation sites (tertiary alicyclic amines) is 2. The number of para-hydroxylation sites is 2. The molecule has 2 aliphatic rings. The Kier molecular flexibility index (Phi) is 7.55. The highest BCUT2D eigenvalue weighted by molar-refractivity contribution is 5.92. The van der Waals surface area contributed by atoms with Crippen LogP contribution in [-0.2, 0) is 9.59 Å². The predicted molar refractivity (Wildman–Crippen MR) is 145 cm³/mol. The van der Waals surface area contributed by atoms with Gasteiger partial charge >= 0.3 is 5.97 Å². The van der Waals surface area contributed by atoms with Crippen LogP contribution >= 0.6 is 0 Å². The number of nitro groups is 1. The van der Waals surface area contributed by atoms with Crippen LogP contribution in [0.25, 0.3) is 17.0 Å². The molecule has 3 heterocycles. The lowest BCUT2D eigenvalue weighted by molar-refractivity contribution is -0.385. The van der Waals surface area contributed by atoms with Gasteiger partial charge in [-0.15, -0.1) is 0 Å². The van der Waals surface area contributed by atoms with Crippen LogP contribution in [0.3, 0.4) is 0 Å². The SMILES string of the molecule is O=C(O)C(C1CCN(C(=O)C=Cc2ccccc2[N+](=O)[O-])CC1)N1CCC(c2c[nH]c3ccccc23)CC1. The Hall–Kier alpha value is -3.98. The number of carbonyl (C=O) groups is 2. The number of benzene rings is 2. The smallest absolute Gasteiger partial charge is 0.321 e. The maximum atomic E-state index is 12.7. The lowest BCUT2D eigenvalue weighted by atomic mass is 9.84. The number of carboxylic acid groups (broad SMARTS) is 1. The van der Waals surface area contributed by atoms with Crippen LogP contribution in [0.5, 0.6) is 0 Å². The monoisotopic (exact) mass is 516 g/mol. The summed E-state index contributed by atoms with van der Waals surface area (Å²) in [6.45, 7) is 2.42. The van der Waals surface area contributed by atoms with Crippen molar-refractivity contribution in [1.82, 2.24) is 14.8 Å². The number of hydrogen-bond acceptors (Lipinski definition) is 5. The van der Waals surface area contributed by atoms with Crippen LogP contribution in [0.4, 0.5) is 5.69 Å². The van der Waals surface area contributed by atoms with Gasteiger partial charge in [0.05, 0.1) is 10.5 Å². The Bertz CT molecular complexity index is 1350. The first-order valence-corrected chi connectivity index (χ1v) is 13.2. The van der Waals surface area contributed by atoms with E-state index in [0.717, 1.165) is 31.4 Å². The van der Waals surface area contributed by atoms with Crippen molar-refractivity contribution in [2.24, 2.45) is 5.92 Å². The molecule has 1 amide bonds. The molecule has 0 aliphatic carbocycles. The highest BCUT2D eigenvalue weighted by Gasteiger charge is 2.38. The summed E-state index contributed by atoms with van der Waals surface area (Å²) in [7, 11) is 0. The number of aromatic amines is 1. The number of nitrogens with one attached hydrogen (secondary N) is 1. The number of aliphatic carboxylic acids is 1. The molecule has 3 aromatic rings. The van der Waals surface area contributed by atoms with Gasteiger partial charge in [0.25, 0.3) is 5.69 Å². The Morgan fingerprint density at radius 3 is 2.39 bits per heavy atom. The maximum Gasteiger partial charge on any atom is 0.321 e. The molecule has 0 saturated carbocycles. The highest BCUT2D eigenvalue weighted by Crippen LogP contribution is 2.35. The molecule has 198 valence electrons. The average Bonchev–Trinajstić information content (AvgIpc) is 3.37. The zero-order chi connectivity index (χ0) is 26.6. The Morgan fingerprint density at radius 2 is 1.68 bits per heavy atom. The zero-order valence-electron chi connectivity index (χ0n) is 21.2. The van der Waals surface area contributed by atoms with Gasteiger partial charge in [0.2, 0.25) is 5.91 Å². The van der Waals surface area contributed by atoms with E-state index >= 15 is 0 Å². The molecule has 1 atom stereocenters. The van der Waals surface area contributed by atoms with Crippen molar-refractivity contribution in [2.75, 3.05) is 26.2 Å². The largest absolute Gasteiger partial charge is 0.480 e. The predicted octanol–water partition coefficient (Wildman–Crippen LogP) is 4.66. The maximum absolute atomic E-state index is 12.7. The quantitative estimate of drug-likeness (QED) is 0.268. The summed E-state index contributed by atoms with van der Waals surface area (Å²) in [6, 6.07) is 14.0. The topological polar surface area (TPSA) is 120 Å². The first-order chi connectivity index (χ1) is 18.4. The summed E-state index contributed by atoms with van der Waals surface area (Å²) in [5, 5.41) is 22.6. The molecule has 9 heteroatoms. The Balaban J connectivity index is 1.17. The zero-order valence-corrected chi connectivity index (χ0v) is 21.2. The van der Waals surface area contributed by atoms with E-state index in [1.165, 1.54) is 29.2 Å². The summed E-state index contributed by atoms with van der Waals surface area (Å²) in [6.07, 6.45) is 8.00. The van der Waals surface area contributed by atoms with Gasteiger partial charge in [-0.05, 0) is 74.4 Å². The lowest BCUT2D eigenvalue weighted by Crippen LogP contribution is -2.52. The molecule has 2 aromatic carbocycles. The second kappa shape index (κ2) is 11.2. The van der Waals surface area contributed by atoms with Gasteiger partial charge in [-0.1, -0.05) is 30.3 Å². The van der Waals surface area contributed by atoms with Gasteiger partial charge in [-0.3, -0.25) is 24.6 Å². The fourth-order valence-electron chi connectivity index (χ4n) is 6.07. The van der Waals surface area contributed by atoms with Gasteiger partial charge in [0, 0.05) is 42.3 Å². The molecular weight excluding hydrogens is 484 g/mol. The van der Waals surface area contributed by atoms with Crippen molar-refractivity contribution >= 4 is 34.5 Å². The minimum absolute atomic E-state index is 0.0274. The molecule has 9 nitrogen and oxygen atoms in total. The van der Waals surface area contributed by atoms with E-state index in [2.05, 4.69) is 28.2 Å². The molecule has 2 saturated heterocycles. The van der Waals surface area contributed by atoms with Crippen LogP contribution in [0.1, 0.15) is 42.7 Å². The average molecular weight is 517 g/mol. The van der Waals surface area contributed by atoms with E-state index in [1.807, 2.05) is 12.1 Å². The first-order valence-electron chi connectivity index (χ1n) is 13.2. The van der Waals surface area contributed by atoms with E-state index in [-0.39, 0.29) is 17.5 Å². The van der Waals surface area contributed by atoms with Gasteiger partial charge in [0.15, 0.2) is 0 Å². The number of nitrogens with zero attached hydrogens (tertiary/aromatic N) is 3. The third kappa shape index (κ3) is 5.33. The van der Waals surface area contributed by atoms with Crippen molar-refractivity contribution in [2.45, 2.75) is 37.6 Å². The third-order valence-corrected chi connectivity index (χ3v) is 8.07. The molecule has 38 heavy (non-hydrogen) atoms. The van der Waals surface area contributed by atoms with E-state index in [1.54, 1.807) is 23.1 Å². The minimum Gasteiger partial charge on any atom is -0.480 e. The molecule has 2 aliphatic heterocycles. The molecule has 0 spiro atoms. The van der Waals surface area contributed by atoms with Crippen molar-refractivity contribution < 1.29 is 19.6 Å². The summed E-state index contributed by atoms with van der Waals surface area (Å²) in [5.74, 6) is -0.631. The highest BCUT2D eigenvalue weighted by atomic mass is 16.6. The normalized spacial score (nSPS) is 18.7. The van der Waals surface area contributed by atoms with Crippen LogP contribution in [0, 0.1) is 16.0 Å². The number of amides is 1. The summed E-state index contributed by atoms with van der Waals surface area (Å²) in [5.41, 5.74) is 2.77. The molecule has 0 radical (unpaired) electrons. The molecular formula is C29H32N4O5. The molecule has 1 unspecified atom stereocenters. The first kappa shape index (κ1) is 25.7. The molecule has 2 N–H and O–H groups in total. The fraction of sp³-hybridized carbons (Fsp3) is 0.379. The van der Waals surface area contributed by atoms with Crippen LogP contribution in [0.15, 0.2) is 60.8 Å². The van der Waals surface area contributed by atoms with Crippen LogP contribution in [0.2, 0.25) is 0 Å². The number of hydrogen-bond donors (Lipinski definition) is 2. The number of carbonyl (C=O) groups excluding carboxylic acids is 1. The van der Waals surface area contributed by atoms with Crippen molar-refractivity contribution in [1.29, 1.82) is 0 Å². The van der Waals surface area contributed by atoms with E-state index in [4.69, 9.17) is 0 Å². The lowest BCUT2D eigenvalue weighted by Gasteiger charge is -2.41.